The van der Waals surface area contributed by atoms with Crippen LogP contribution in [0.2, 0.25) is 0 Å². The second-order valence-electron chi connectivity index (χ2n) is 7.28. The topological polar surface area (TPSA) is 119 Å². The van der Waals surface area contributed by atoms with Gasteiger partial charge in [-0.05, 0) is 42.3 Å². The lowest BCUT2D eigenvalue weighted by molar-refractivity contribution is -0.140. The Kier molecular flexibility index (Phi) is 8.13. The molecule has 0 radical (unpaired) electrons. The third-order valence-corrected chi connectivity index (χ3v) is 5.97. The maximum absolute atomic E-state index is 13.4. The third-order valence-electron chi connectivity index (χ3n) is 5.16. The van der Waals surface area contributed by atoms with Gasteiger partial charge in [0.2, 0.25) is 16.6 Å². The van der Waals surface area contributed by atoms with E-state index in [0.29, 0.717) is 22.2 Å². The first-order chi connectivity index (χ1) is 16.3. The number of nitrogens with one attached hydrogen (secondary N) is 1. The fourth-order valence-corrected chi connectivity index (χ4v) is 3.99. The molecule has 0 bridgehead atoms. The van der Waals surface area contributed by atoms with Crippen LogP contribution in [-0.2, 0) is 27.0 Å². The molecule has 0 aliphatic carbocycles. The molecule has 0 fully saturated rings. The Morgan fingerprint density at radius 1 is 1.29 bits per heavy atom. The van der Waals surface area contributed by atoms with Crippen LogP contribution in [0.5, 0.6) is 0 Å². The summed E-state index contributed by atoms with van der Waals surface area (Å²) in [6, 6.07) is 7.12. The van der Waals surface area contributed by atoms with E-state index in [1.165, 1.54) is 44.5 Å². The molecule has 180 valence electrons. The van der Waals surface area contributed by atoms with Gasteiger partial charge in [-0.25, -0.2) is 17.8 Å². The number of nitrogens with zero attached hydrogens (tertiary/aromatic N) is 2. The van der Waals surface area contributed by atoms with Gasteiger partial charge in [-0.2, -0.15) is 4.31 Å². The molecule has 0 saturated heterocycles. The Hall–Kier alpha value is -3.57. The molecule has 0 spiro atoms. The first-order valence-electron chi connectivity index (χ1n) is 10.3. The third kappa shape index (κ3) is 5.49. The van der Waals surface area contributed by atoms with Gasteiger partial charge in [0.05, 0.1) is 30.3 Å². The van der Waals surface area contributed by atoms with Gasteiger partial charge in [0.15, 0.2) is 0 Å². The van der Waals surface area contributed by atoms with E-state index in [9.17, 15) is 22.4 Å². The Morgan fingerprint density at radius 3 is 2.59 bits per heavy atom. The maximum atomic E-state index is 13.4. The van der Waals surface area contributed by atoms with Gasteiger partial charge in [0.1, 0.15) is 11.6 Å². The summed E-state index contributed by atoms with van der Waals surface area (Å²) in [7, 11) is -0.221. The molecule has 34 heavy (non-hydrogen) atoms. The highest BCUT2D eigenvalue weighted by molar-refractivity contribution is 7.69. The number of hydrogen-bond donors (Lipinski definition) is 2. The van der Waals surface area contributed by atoms with Gasteiger partial charge in [-0.3, -0.25) is 9.59 Å². The normalized spacial score (nSPS) is 11.2. The molecule has 0 aliphatic heterocycles. The second-order valence-corrected chi connectivity index (χ2v) is 8.32. The number of carbonyl (C=O) groups excluding carboxylic acids is 2. The molecule has 0 atom stereocenters. The van der Waals surface area contributed by atoms with Crippen LogP contribution in [0.1, 0.15) is 34.5 Å². The molecule has 2 heterocycles. The Labute approximate surface area is 197 Å². The van der Waals surface area contributed by atoms with E-state index >= 15 is 0 Å². The largest absolute Gasteiger partial charge is 0.469 e. The molecular weight excluding hydrogens is 465 g/mol. The number of ether oxygens (including phenoxy) is 1. The van der Waals surface area contributed by atoms with Crippen LogP contribution in [0.4, 0.5) is 4.39 Å². The zero-order valence-electron chi connectivity index (χ0n) is 18.7. The monoisotopic (exact) mass is 489 g/mol. The summed E-state index contributed by atoms with van der Waals surface area (Å²) in [6.07, 6.45) is 1.86. The van der Waals surface area contributed by atoms with Crippen molar-refractivity contribution >= 4 is 39.9 Å². The second kappa shape index (κ2) is 11.0. The number of methoxy groups -OCH3 is 1. The lowest BCUT2D eigenvalue weighted by Gasteiger charge is -2.15. The average molecular weight is 490 g/mol. The van der Waals surface area contributed by atoms with Crippen LogP contribution >= 0.6 is 0 Å². The minimum absolute atomic E-state index is 0.0751. The highest BCUT2D eigenvalue weighted by Gasteiger charge is 2.24. The number of esters is 1. The minimum Gasteiger partial charge on any atom is -0.469 e. The van der Waals surface area contributed by atoms with E-state index in [1.54, 1.807) is 6.07 Å². The van der Waals surface area contributed by atoms with Crippen LogP contribution in [-0.4, -0.2) is 50.3 Å². The number of rotatable bonds is 10. The molecule has 0 saturated carbocycles. The van der Waals surface area contributed by atoms with E-state index in [4.69, 9.17) is 4.42 Å². The number of furan rings is 1. The summed E-state index contributed by atoms with van der Waals surface area (Å²) < 4.78 is 48.6. The first kappa shape index (κ1) is 25.1. The summed E-state index contributed by atoms with van der Waals surface area (Å²) in [6.45, 7) is 3.78. The molecule has 9 nitrogen and oxygen atoms in total. The van der Waals surface area contributed by atoms with Crippen molar-refractivity contribution in [2.75, 3.05) is 20.7 Å². The number of amides is 1. The summed E-state index contributed by atoms with van der Waals surface area (Å²) in [5, 5.41) is 2.97. The van der Waals surface area contributed by atoms with Crippen LogP contribution in [0.25, 0.3) is 28.5 Å². The Morgan fingerprint density at radius 2 is 2.00 bits per heavy atom. The predicted octanol–water partition coefficient (Wildman–Crippen LogP) is 2.92. The van der Waals surface area contributed by atoms with Gasteiger partial charge in [0.25, 0.3) is 5.91 Å². The van der Waals surface area contributed by atoms with Crippen LogP contribution in [0.15, 0.2) is 41.3 Å². The van der Waals surface area contributed by atoms with Gasteiger partial charge in [-0.1, -0.05) is 12.7 Å². The smallest absolute Gasteiger partial charge is 0.305 e. The van der Waals surface area contributed by atoms with Gasteiger partial charge < -0.3 is 14.5 Å². The molecule has 0 unspecified atom stereocenters. The van der Waals surface area contributed by atoms with Gasteiger partial charge >= 0.3 is 5.97 Å². The highest BCUT2D eigenvalue weighted by Crippen LogP contribution is 2.34. The van der Waals surface area contributed by atoms with Crippen LogP contribution < -0.4 is 5.32 Å². The summed E-state index contributed by atoms with van der Waals surface area (Å²) >= 11 is 0. The van der Waals surface area contributed by atoms with E-state index in [2.05, 4.69) is 21.6 Å². The number of fused-ring (bicyclic) bond motifs is 1. The molecule has 2 aromatic heterocycles. The van der Waals surface area contributed by atoms with Crippen LogP contribution in [0, 0.1) is 5.82 Å². The molecule has 3 aromatic rings. The summed E-state index contributed by atoms with van der Waals surface area (Å²) in [5.74, 6) is -1.08. The van der Waals surface area contributed by atoms with E-state index in [-0.39, 0.29) is 43.0 Å². The molecule has 3 rings (SSSR count). The molecule has 1 amide bonds. The molecule has 0 aliphatic rings. The molecule has 11 heteroatoms. The fourth-order valence-electron chi connectivity index (χ4n) is 3.43. The van der Waals surface area contributed by atoms with E-state index in [0.717, 1.165) is 4.31 Å². The summed E-state index contributed by atoms with van der Waals surface area (Å²) in [5.41, 5.74) is 1.69. The van der Waals surface area contributed by atoms with E-state index < -0.39 is 28.6 Å². The van der Waals surface area contributed by atoms with Gasteiger partial charge in [-0.15, -0.1) is 0 Å². The first-order valence-corrected chi connectivity index (χ1v) is 11.4. The molecular formula is C23H24FN3O6S. The lowest BCUT2D eigenvalue weighted by Crippen LogP contribution is -2.24. The SMILES string of the molecule is C=Cc1cc2c(C(=O)NC)c(-c3ccc(F)cc3)oc2nc1CN(CCCC(=O)OC)[SH](=O)=O. The number of benzene rings is 1. The van der Waals surface area contributed by atoms with Crippen molar-refractivity contribution in [3.05, 3.63) is 59.5 Å². The Bertz CT molecular complexity index is 1290. The van der Waals surface area contributed by atoms with Crippen molar-refractivity contribution in [2.24, 2.45) is 0 Å². The zero-order chi connectivity index (χ0) is 24.8. The number of pyridine rings is 1. The van der Waals surface area contributed by atoms with Crippen LogP contribution in [0.3, 0.4) is 0 Å². The average Bonchev–Trinajstić information content (AvgIpc) is 3.20. The summed E-state index contributed by atoms with van der Waals surface area (Å²) in [4.78, 5) is 28.5. The van der Waals surface area contributed by atoms with E-state index in [1.807, 2.05) is 0 Å². The lowest BCUT2D eigenvalue weighted by atomic mass is 10.0. The quantitative estimate of drug-likeness (QED) is 0.332. The van der Waals surface area contributed by atoms with Crippen molar-refractivity contribution in [3.63, 3.8) is 0 Å². The van der Waals surface area contributed by atoms with Crippen molar-refractivity contribution in [3.8, 4) is 11.3 Å². The fraction of sp³-hybridized carbons (Fsp3) is 0.261. The number of halogens is 1. The van der Waals surface area contributed by atoms with Crippen molar-refractivity contribution in [1.82, 2.24) is 14.6 Å². The number of hydrogen-bond acceptors (Lipinski definition) is 7. The van der Waals surface area contributed by atoms with Crippen molar-refractivity contribution in [2.45, 2.75) is 19.4 Å². The zero-order valence-corrected chi connectivity index (χ0v) is 19.6. The molecule has 1 aromatic carbocycles. The predicted molar refractivity (Wildman–Crippen MR) is 125 cm³/mol. The number of carbonyl (C=O) groups is 2. The van der Waals surface area contributed by atoms with Gasteiger partial charge in [0, 0.05) is 25.6 Å². The highest BCUT2D eigenvalue weighted by atomic mass is 32.2. The minimum atomic E-state index is -2.96. The standard InChI is InChI=1S/C23H24FN3O6S/c1-4-14-12-17-20(22(29)25-2)21(15-7-9-16(24)10-8-15)33-23(17)26-18(14)13-27(34(30)31)11-5-6-19(28)32-3/h4,7-10,12,34H,1,5-6,11,13H2,2-3H3,(H,25,29). The number of aromatic nitrogens is 1. The Balaban J connectivity index is 2.05. The van der Waals surface area contributed by atoms with Crippen molar-refractivity contribution in [1.29, 1.82) is 0 Å². The molecule has 1 N–H and O–H groups in total. The number of thiol groups is 1. The van der Waals surface area contributed by atoms with Crippen molar-refractivity contribution < 1.29 is 31.6 Å². The maximum Gasteiger partial charge on any atom is 0.305 e.